The summed E-state index contributed by atoms with van der Waals surface area (Å²) < 4.78 is 14.9. The van der Waals surface area contributed by atoms with Gasteiger partial charge >= 0.3 is 0 Å². The van der Waals surface area contributed by atoms with Crippen molar-refractivity contribution in [1.29, 1.82) is 0 Å². The number of aromatic nitrogens is 5. The van der Waals surface area contributed by atoms with Crippen LogP contribution >= 0.6 is 11.8 Å². The van der Waals surface area contributed by atoms with E-state index in [0.717, 1.165) is 42.8 Å². The molecule has 0 bridgehead atoms. The number of hydrogen-bond acceptors (Lipinski definition) is 6. The second-order valence-corrected chi connectivity index (χ2v) is 6.14. The van der Waals surface area contributed by atoms with Gasteiger partial charge in [-0.2, -0.15) is 0 Å². The molecule has 0 spiro atoms. The lowest BCUT2D eigenvalue weighted by Gasteiger charge is -2.11. The average molecular weight is 324 g/mol. The smallest absolute Gasteiger partial charge is 0.222 e. The predicted octanol–water partition coefficient (Wildman–Crippen LogP) is 2.63. The van der Waals surface area contributed by atoms with Crippen molar-refractivity contribution in [1.82, 2.24) is 24.7 Å². The van der Waals surface area contributed by atoms with Gasteiger partial charge in [0.1, 0.15) is 5.82 Å². The summed E-state index contributed by atoms with van der Waals surface area (Å²) in [4.78, 5) is 7.73. The number of aryl methyl sites for hydroxylation is 1. The third-order valence-electron chi connectivity index (χ3n) is 3.00. The van der Waals surface area contributed by atoms with Crippen molar-refractivity contribution < 1.29 is 4.39 Å². The monoisotopic (exact) mass is 324 g/mol. The Labute approximate surface area is 134 Å². The van der Waals surface area contributed by atoms with E-state index in [1.165, 1.54) is 0 Å². The van der Waals surface area contributed by atoms with Crippen molar-refractivity contribution in [3.05, 3.63) is 24.0 Å². The second kappa shape index (κ2) is 8.07. The zero-order chi connectivity index (χ0) is 15.9. The third-order valence-corrected chi connectivity index (χ3v) is 3.67. The molecule has 0 saturated carbocycles. The van der Waals surface area contributed by atoms with Crippen LogP contribution in [0.4, 0.5) is 10.3 Å². The first-order chi connectivity index (χ1) is 10.6. The van der Waals surface area contributed by atoms with Gasteiger partial charge in [-0.3, -0.25) is 0 Å². The molecule has 0 aliphatic heterocycles. The number of nitrogens with zero attached hydrogens (tertiary/aromatic N) is 5. The first-order valence-corrected chi connectivity index (χ1v) is 8.50. The minimum absolute atomic E-state index is 0.433. The van der Waals surface area contributed by atoms with Crippen LogP contribution in [0.15, 0.2) is 17.6 Å². The van der Waals surface area contributed by atoms with E-state index in [9.17, 15) is 4.39 Å². The van der Waals surface area contributed by atoms with Crippen LogP contribution < -0.4 is 5.32 Å². The highest BCUT2D eigenvalue weighted by molar-refractivity contribution is 7.98. The van der Waals surface area contributed by atoms with Crippen LogP contribution in [0.2, 0.25) is 0 Å². The van der Waals surface area contributed by atoms with Crippen molar-refractivity contribution in [3.63, 3.8) is 0 Å². The molecule has 1 N–H and O–H groups in total. The molecule has 0 saturated heterocycles. The quantitative estimate of drug-likeness (QED) is 0.595. The lowest BCUT2D eigenvalue weighted by atomic mass is 10.2. The van der Waals surface area contributed by atoms with Gasteiger partial charge in [0.15, 0.2) is 11.0 Å². The molecule has 0 amide bonds. The summed E-state index contributed by atoms with van der Waals surface area (Å²) in [5.41, 5.74) is 0. The first-order valence-electron chi connectivity index (χ1n) is 7.27. The lowest BCUT2D eigenvalue weighted by Crippen LogP contribution is -2.12. The Hall–Kier alpha value is -1.70. The maximum atomic E-state index is 12.7. The van der Waals surface area contributed by atoms with Crippen LogP contribution in [-0.2, 0) is 13.0 Å². The van der Waals surface area contributed by atoms with Crippen LogP contribution in [0.1, 0.15) is 26.1 Å². The Morgan fingerprint density at radius 3 is 2.64 bits per heavy atom. The van der Waals surface area contributed by atoms with E-state index < -0.39 is 5.82 Å². The molecule has 0 aliphatic rings. The molecule has 2 rings (SSSR count). The minimum Gasteiger partial charge on any atom is -0.354 e. The number of nitrogens with one attached hydrogen (secondary N) is 1. The van der Waals surface area contributed by atoms with Gasteiger partial charge in [-0.25, -0.2) is 14.4 Å². The number of anilines is 1. The molecule has 0 atom stereocenters. The van der Waals surface area contributed by atoms with Crippen molar-refractivity contribution in [3.8, 4) is 0 Å². The molecule has 22 heavy (non-hydrogen) atoms. The summed E-state index contributed by atoms with van der Waals surface area (Å²) in [6, 6.07) is 0. The largest absolute Gasteiger partial charge is 0.354 e. The van der Waals surface area contributed by atoms with E-state index in [-0.39, 0.29) is 0 Å². The number of thioether (sulfide) groups is 1. The van der Waals surface area contributed by atoms with Gasteiger partial charge in [0.25, 0.3) is 0 Å². The second-order valence-electron chi connectivity index (χ2n) is 5.36. The van der Waals surface area contributed by atoms with Gasteiger partial charge < -0.3 is 9.88 Å². The predicted molar refractivity (Wildman–Crippen MR) is 85.4 cm³/mol. The maximum Gasteiger partial charge on any atom is 0.222 e. The Kier molecular flexibility index (Phi) is 6.11. The van der Waals surface area contributed by atoms with E-state index in [1.807, 2.05) is 6.26 Å². The van der Waals surface area contributed by atoms with E-state index in [0.29, 0.717) is 18.4 Å². The normalized spacial score (nSPS) is 11.1. The summed E-state index contributed by atoms with van der Waals surface area (Å²) in [6.45, 7) is 5.99. The highest BCUT2D eigenvalue weighted by Gasteiger charge is 2.12. The molecule has 6 nitrogen and oxygen atoms in total. The molecular weight excluding hydrogens is 303 g/mol. The van der Waals surface area contributed by atoms with E-state index in [4.69, 9.17) is 0 Å². The fraction of sp³-hybridized carbons (Fsp3) is 0.571. The third kappa shape index (κ3) is 4.66. The van der Waals surface area contributed by atoms with Gasteiger partial charge in [0, 0.05) is 19.5 Å². The Morgan fingerprint density at radius 1 is 1.27 bits per heavy atom. The number of rotatable bonds is 8. The van der Waals surface area contributed by atoms with Gasteiger partial charge in [-0.05, 0) is 18.6 Å². The summed E-state index contributed by atoms with van der Waals surface area (Å²) in [6.07, 6.45) is 6.02. The Morgan fingerprint density at radius 2 is 2.00 bits per heavy atom. The Balaban J connectivity index is 1.86. The summed E-state index contributed by atoms with van der Waals surface area (Å²) in [5, 5.41) is 12.5. The van der Waals surface area contributed by atoms with Crippen LogP contribution in [-0.4, -0.2) is 37.5 Å². The topological polar surface area (TPSA) is 68.5 Å². The standard InChI is InChI=1S/C14H21FN6S/c1-10(2)9-21-12(19-20-14(21)22-3)5-4-6-16-13-17-7-11(15)8-18-13/h7-8,10H,4-6,9H2,1-3H3,(H,16,17,18). The Bertz CT molecular complexity index is 584. The van der Waals surface area contributed by atoms with Crippen molar-refractivity contribution in [2.45, 2.75) is 38.4 Å². The number of halogens is 1. The molecule has 0 aliphatic carbocycles. The molecule has 2 aromatic heterocycles. The fourth-order valence-electron chi connectivity index (χ4n) is 2.05. The van der Waals surface area contributed by atoms with Crippen LogP contribution in [0.25, 0.3) is 0 Å². The van der Waals surface area contributed by atoms with Gasteiger partial charge in [-0.1, -0.05) is 25.6 Å². The van der Waals surface area contributed by atoms with E-state index in [1.54, 1.807) is 11.8 Å². The zero-order valence-electron chi connectivity index (χ0n) is 13.1. The average Bonchev–Trinajstić information content (AvgIpc) is 2.87. The molecular formula is C14H21FN6S. The first kappa shape index (κ1) is 16.7. The molecule has 120 valence electrons. The molecule has 0 radical (unpaired) electrons. The molecule has 0 aromatic carbocycles. The maximum absolute atomic E-state index is 12.7. The summed E-state index contributed by atoms with van der Waals surface area (Å²) >= 11 is 1.61. The fourth-order valence-corrected chi connectivity index (χ4v) is 2.58. The van der Waals surface area contributed by atoms with Gasteiger partial charge in [0.05, 0.1) is 12.4 Å². The number of hydrogen-bond donors (Lipinski definition) is 1. The molecule has 2 heterocycles. The van der Waals surface area contributed by atoms with Gasteiger partial charge in [0.2, 0.25) is 5.95 Å². The van der Waals surface area contributed by atoms with Crippen LogP contribution in [0.3, 0.4) is 0 Å². The molecule has 0 unspecified atom stereocenters. The summed E-state index contributed by atoms with van der Waals surface area (Å²) in [5.74, 6) is 1.55. The lowest BCUT2D eigenvalue weighted by molar-refractivity contribution is 0.478. The van der Waals surface area contributed by atoms with E-state index >= 15 is 0 Å². The SMILES string of the molecule is CSc1nnc(CCCNc2ncc(F)cn2)n1CC(C)C. The van der Waals surface area contributed by atoms with Gasteiger partial charge in [-0.15, -0.1) is 10.2 Å². The molecule has 0 fully saturated rings. The highest BCUT2D eigenvalue weighted by Crippen LogP contribution is 2.16. The molecule has 8 heteroatoms. The van der Waals surface area contributed by atoms with Crippen molar-refractivity contribution >= 4 is 17.7 Å². The molecule has 2 aromatic rings. The zero-order valence-corrected chi connectivity index (χ0v) is 13.9. The van der Waals surface area contributed by atoms with E-state index in [2.05, 4.69) is 43.9 Å². The highest BCUT2D eigenvalue weighted by atomic mass is 32.2. The van der Waals surface area contributed by atoms with Crippen molar-refractivity contribution in [2.24, 2.45) is 5.92 Å². The van der Waals surface area contributed by atoms with Crippen LogP contribution in [0, 0.1) is 11.7 Å². The van der Waals surface area contributed by atoms with Crippen molar-refractivity contribution in [2.75, 3.05) is 18.1 Å². The minimum atomic E-state index is -0.433. The summed E-state index contributed by atoms with van der Waals surface area (Å²) in [7, 11) is 0. The van der Waals surface area contributed by atoms with Crippen LogP contribution in [0.5, 0.6) is 0 Å².